The Morgan fingerprint density at radius 1 is 1.16 bits per heavy atom. The van der Waals surface area contributed by atoms with Gasteiger partial charge in [-0.15, -0.1) is 0 Å². The molecule has 0 aromatic heterocycles. The molecule has 2 N–H and O–H groups in total. The second kappa shape index (κ2) is 6.87. The average Bonchev–Trinajstić information content (AvgIpc) is 2.56. The van der Waals surface area contributed by atoms with E-state index in [1.54, 1.807) is 0 Å². The van der Waals surface area contributed by atoms with E-state index in [1.165, 1.54) is 38.4 Å². The summed E-state index contributed by atoms with van der Waals surface area (Å²) in [6, 6.07) is 8.39. The van der Waals surface area contributed by atoms with Crippen molar-refractivity contribution in [2.75, 3.05) is 19.4 Å². The minimum Gasteiger partial charge on any atom is -0.506 e. The first-order valence-electron chi connectivity index (χ1n) is 6.94. The van der Waals surface area contributed by atoms with Crippen LogP contribution < -0.4 is 5.32 Å². The van der Waals surface area contributed by atoms with E-state index in [2.05, 4.69) is 5.32 Å². The van der Waals surface area contributed by atoms with Crippen molar-refractivity contribution in [3.63, 3.8) is 0 Å². The van der Waals surface area contributed by atoms with Crippen LogP contribution in [0.25, 0.3) is 0 Å². The molecule has 2 rings (SSSR count). The fraction of sp³-hybridized carbons (Fsp3) is 0.133. The van der Waals surface area contributed by atoms with Gasteiger partial charge in [0.2, 0.25) is 10.0 Å². The van der Waals surface area contributed by atoms with Gasteiger partial charge in [-0.25, -0.2) is 12.7 Å². The molecule has 25 heavy (non-hydrogen) atoms. The van der Waals surface area contributed by atoms with Crippen LogP contribution in [0.5, 0.6) is 5.75 Å². The molecule has 0 aliphatic carbocycles. The van der Waals surface area contributed by atoms with Crippen molar-refractivity contribution >= 4 is 27.3 Å². The zero-order chi connectivity index (χ0) is 18.8. The van der Waals surface area contributed by atoms with Gasteiger partial charge in [0.15, 0.2) is 0 Å². The fourth-order valence-corrected chi connectivity index (χ4v) is 2.82. The third-order valence-corrected chi connectivity index (χ3v) is 5.16. The fourth-order valence-electron chi connectivity index (χ4n) is 1.92. The number of carbonyl (C=O) groups excluding carboxylic acids is 1. The van der Waals surface area contributed by atoms with Crippen molar-refractivity contribution in [3.8, 4) is 5.75 Å². The lowest BCUT2D eigenvalue weighted by Crippen LogP contribution is -2.22. The Hall–Kier alpha value is -2.98. The standard InChI is InChI=1S/C15H15N3O6S/c1-17(2)25(23,24)12-6-3-10(4-7-12)15(20)16-13-9-11(18(21)22)5-8-14(13)19/h3-9,19H,1-2H3,(H,16,20). The monoisotopic (exact) mass is 365 g/mol. The SMILES string of the molecule is CN(C)S(=O)(=O)c1ccc(C(=O)Nc2cc([N+](=O)[O-])ccc2O)cc1. The molecule has 0 heterocycles. The Labute approximate surface area is 143 Å². The number of nitrogens with one attached hydrogen (secondary N) is 1. The lowest BCUT2D eigenvalue weighted by Gasteiger charge is -2.12. The number of nitrogens with zero attached hydrogens (tertiary/aromatic N) is 2. The molecule has 1 amide bonds. The topological polar surface area (TPSA) is 130 Å². The van der Waals surface area contributed by atoms with Crippen molar-refractivity contribution in [2.45, 2.75) is 4.90 Å². The van der Waals surface area contributed by atoms with E-state index in [0.717, 1.165) is 22.5 Å². The summed E-state index contributed by atoms with van der Waals surface area (Å²) in [7, 11) is -0.834. The third-order valence-electron chi connectivity index (χ3n) is 3.33. The lowest BCUT2D eigenvalue weighted by molar-refractivity contribution is -0.384. The van der Waals surface area contributed by atoms with Crippen LogP contribution in [-0.4, -0.2) is 42.8 Å². The van der Waals surface area contributed by atoms with Crippen LogP contribution in [0, 0.1) is 10.1 Å². The Balaban J connectivity index is 2.25. The predicted molar refractivity (Wildman–Crippen MR) is 90.0 cm³/mol. The summed E-state index contributed by atoms with van der Waals surface area (Å²) in [6.07, 6.45) is 0. The number of non-ortho nitro benzene ring substituents is 1. The van der Waals surface area contributed by atoms with Gasteiger partial charge in [0.05, 0.1) is 15.5 Å². The van der Waals surface area contributed by atoms with Crippen LogP contribution in [0.3, 0.4) is 0 Å². The highest BCUT2D eigenvalue weighted by atomic mass is 32.2. The molecule has 0 fully saturated rings. The number of sulfonamides is 1. The summed E-state index contributed by atoms with van der Waals surface area (Å²) in [4.78, 5) is 22.3. The van der Waals surface area contributed by atoms with Crippen LogP contribution in [0.1, 0.15) is 10.4 Å². The zero-order valence-electron chi connectivity index (χ0n) is 13.3. The van der Waals surface area contributed by atoms with Gasteiger partial charge in [-0.2, -0.15) is 0 Å². The molecule has 132 valence electrons. The number of amides is 1. The largest absolute Gasteiger partial charge is 0.506 e. The van der Waals surface area contributed by atoms with Crippen LogP contribution in [0.4, 0.5) is 11.4 Å². The maximum atomic E-state index is 12.2. The summed E-state index contributed by atoms with van der Waals surface area (Å²) in [5.74, 6) is -0.977. The zero-order valence-corrected chi connectivity index (χ0v) is 14.1. The summed E-state index contributed by atoms with van der Waals surface area (Å²) in [6.45, 7) is 0. The van der Waals surface area contributed by atoms with Gasteiger partial charge in [0.25, 0.3) is 11.6 Å². The second-order valence-corrected chi connectivity index (χ2v) is 7.38. The number of benzene rings is 2. The van der Waals surface area contributed by atoms with E-state index in [-0.39, 0.29) is 27.6 Å². The highest BCUT2D eigenvalue weighted by Gasteiger charge is 2.18. The van der Waals surface area contributed by atoms with Gasteiger partial charge >= 0.3 is 0 Å². The van der Waals surface area contributed by atoms with Crippen molar-refractivity contribution in [1.29, 1.82) is 0 Å². The van der Waals surface area contributed by atoms with Gasteiger partial charge in [0, 0.05) is 31.8 Å². The Morgan fingerprint density at radius 2 is 1.76 bits per heavy atom. The third kappa shape index (κ3) is 3.92. The minimum absolute atomic E-state index is 0.0206. The van der Waals surface area contributed by atoms with Gasteiger partial charge in [-0.05, 0) is 30.3 Å². The number of hydrogen-bond donors (Lipinski definition) is 2. The van der Waals surface area contributed by atoms with E-state index in [9.17, 15) is 28.4 Å². The first-order valence-corrected chi connectivity index (χ1v) is 8.38. The smallest absolute Gasteiger partial charge is 0.271 e. The second-order valence-electron chi connectivity index (χ2n) is 5.22. The normalized spacial score (nSPS) is 11.3. The molecule has 0 unspecified atom stereocenters. The lowest BCUT2D eigenvalue weighted by atomic mass is 10.2. The molecule has 10 heteroatoms. The number of carbonyl (C=O) groups is 1. The summed E-state index contributed by atoms with van der Waals surface area (Å²) >= 11 is 0. The van der Waals surface area contributed by atoms with Gasteiger partial charge < -0.3 is 10.4 Å². The van der Waals surface area contributed by atoms with E-state index >= 15 is 0 Å². The van der Waals surface area contributed by atoms with Crippen molar-refractivity contribution in [3.05, 3.63) is 58.1 Å². The van der Waals surface area contributed by atoms with Gasteiger partial charge in [0.1, 0.15) is 5.75 Å². The molecular weight excluding hydrogens is 350 g/mol. The van der Waals surface area contributed by atoms with Crippen molar-refractivity contribution < 1.29 is 23.2 Å². The molecule has 0 bridgehead atoms. The van der Waals surface area contributed by atoms with E-state index in [0.29, 0.717) is 0 Å². The highest BCUT2D eigenvalue weighted by molar-refractivity contribution is 7.89. The first-order chi connectivity index (χ1) is 11.6. The summed E-state index contributed by atoms with van der Waals surface area (Å²) in [5.41, 5.74) is -0.284. The maximum Gasteiger partial charge on any atom is 0.271 e. The number of rotatable bonds is 5. The Morgan fingerprint density at radius 3 is 2.28 bits per heavy atom. The molecule has 0 saturated carbocycles. The minimum atomic E-state index is -3.61. The predicted octanol–water partition coefficient (Wildman–Crippen LogP) is 1.80. The van der Waals surface area contributed by atoms with Gasteiger partial charge in [-0.1, -0.05) is 0 Å². The first kappa shape index (κ1) is 18.4. The maximum absolute atomic E-state index is 12.2. The van der Waals surface area contributed by atoms with Crippen molar-refractivity contribution in [2.24, 2.45) is 0 Å². The number of nitro groups is 1. The molecular formula is C15H15N3O6S. The molecule has 9 nitrogen and oxygen atoms in total. The molecule has 0 radical (unpaired) electrons. The highest BCUT2D eigenvalue weighted by Crippen LogP contribution is 2.28. The van der Waals surface area contributed by atoms with Crippen LogP contribution >= 0.6 is 0 Å². The van der Waals surface area contributed by atoms with Crippen LogP contribution in [-0.2, 0) is 10.0 Å². The molecule has 2 aromatic rings. The molecule has 2 aromatic carbocycles. The van der Waals surface area contributed by atoms with E-state index < -0.39 is 20.9 Å². The molecule has 0 saturated heterocycles. The number of nitro benzene ring substituents is 1. The van der Waals surface area contributed by atoms with Crippen molar-refractivity contribution in [1.82, 2.24) is 4.31 Å². The molecule has 0 atom stereocenters. The molecule has 0 spiro atoms. The van der Waals surface area contributed by atoms with E-state index in [1.807, 2.05) is 0 Å². The van der Waals surface area contributed by atoms with Crippen LogP contribution in [0.15, 0.2) is 47.4 Å². The van der Waals surface area contributed by atoms with E-state index in [4.69, 9.17) is 0 Å². The number of phenols is 1. The number of aromatic hydroxyl groups is 1. The Bertz CT molecular complexity index is 923. The quantitative estimate of drug-likeness (QED) is 0.472. The summed E-state index contributed by atoms with van der Waals surface area (Å²) < 4.78 is 25.0. The molecule has 0 aliphatic heterocycles. The Kier molecular flexibility index (Phi) is 5.04. The number of phenolic OH excluding ortho intramolecular Hbond substituents is 1. The number of anilines is 1. The summed E-state index contributed by atoms with van der Waals surface area (Å²) in [5, 5.41) is 22.8. The molecule has 0 aliphatic rings. The van der Waals surface area contributed by atoms with Gasteiger partial charge in [-0.3, -0.25) is 14.9 Å². The average molecular weight is 365 g/mol. The van der Waals surface area contributed by atoms with Crippen LogP contribution in [0.2, 0.25) is 0 Å². The number of hydrogen-bond acceptors (Lipinski definition) is 6.